The van der Waals surface area contributed by atoms with Crippen molar-refractivity contribution in [3.8, 4) is 17.0 Å². The van der Waals surface area contributed by atoms with Crippen molar-refractivity contribution in [2.45, 2.75) is 45.4 Å². The summed E-state index contributed by atoms with van der Waals surface area (Å²) in [6, 6.07) is 14.6. The molecule has 0 N–H and O–H groups in total. The van der Waals surface area contributed by atoms with Crippen LogP contribution in [0.3, 0.4) is 0 Å². The molecule has 2 aromatic heterocycles. The van der Waals surface area contributed by atoms with Gasteiger partial charge in [-0.15, -0.1) is 0 Å². The van der Waals surface area contributed by atoms with Crippen molar-refractivity contribution in [2.24, 2.45) is 0 Å². The smallest absolute Gasteiger partial charge is 0.337 e. The highest BCUT2D eigenvalue weighted by Crippen LogP contribution is 2.25. The summed E-state index contributed by atoms with van der Waals surface area (Å²) >= 11 is 0. The van der Waals surface area contributed by atoms with Crippen LogP contribution >= 0.6 is 0 Å². The van der Waals surface area contributed by atoms with Gasteiger partial charge >= 0.3 is 5.97 Å². The van der Waals surface area contributed by atoms with Crippen molar-refractivity contribution in [3.05, 3.63) is 77.7 Å². The highest BCUT2D eigenvalue weighted by atomic mass is 19.1. The molecule has 0 saturated carbocycles. The number of pyridine rings is 2. The second-order valence-corrected chi connectivity index (χ2v) is 7.43. The number of rotatable bonds is 9. The van der Waals surface area contributed by atoms with Crippen LogP contribution in [0.5, 0.6) is 5.88 Å². The first-order valence-corrected chi connectivity index (χ1v) is 10.4. The molecule has 0 aliphatic heterocycles. The van der Waals surface area contributed by atoms with E-state index in [2.05, 4.69) is 9.97 Å². The van der Waals surface area contributed by atoms with Crippen molar-refractivity contribution < 1.29 is 18.7 Å². The van der Waals surface area contributed by atoms with Crippen molar-refractivity contribution >= 4 is 5.97 Å². The Hall–Kier alpha value is -3.28. The molecule has 0 aliphatic rings. The van der Waals surface area contributed by atoms with Crippen LogP contribution in [0.25, 0.3) is 11.1 Å². The highest BCUT2D eigenvalue weighted by Gasteiger charge is 2.26. The number of ether oxygens (including phenoxy) is 2. The summed E-state index contributed by atoms with van der Waals surface area (Å²) in [7, 11) is 1.36. The van der Waals surface area contributed by atoms with E-state index in [1.807, 2.05) is 44.2 Å². The van der Waals surface area contributed by atoms with Gasteiger partial charge in [0.05, 0.1) is 12.7 Å². The Morgan fingerprint density at radius 2 is 1.71 bits per heavy atom. The molecule has 0 spiro atoms. The number of aromatic nitrogens is 2. The summed E-state index contributed by atoms with van der Waals surface area (Å²) in [5.74, 6) is 0.129. The van der Waals surface area contributed by atoms with Crippen molar-refractivity contribution in [1.29, 1.82) is 0 Å². The number of carbonyl (C=O) groups excluding carboxylic acids is 1. The van der Waals surface area contributed by atoms with Crippen molar-refractivity contribution in [3.63, 3.8) is 0 Å². The van der Waals surface area contributed by atoms with Gasteiger partial charge in [0, 0.05) is 36.1 Å². The van der Waals surface area contributed by atoms with Gasteiger partial charge in [0.1, 0.15) is 12.3 Å². The standard InChI is InChI=1S/C25H27FN2O3/c1-4-25(26,5-2)15-22-14-18(12-13-27-22)17-31-23-11-10-21(16-28-23)19-6-8-20(9-7-19)24(29)30-3/h6-14,16H,4-5,15,17H2,1-3H3. The quantitative estimate of drug-likeness (QED) is 0.421. The zero-order chi connectivity index (χ0) is 22.3. The fourth-order valence-corrected chi connectivity index (χ4v) is 3.25. The molecule has 6 heteroatoms. The number of esters is 1. The molecule has 31 heavy (non-hydrogen) atoms. The number of hydrogen-bond acceptors (Lipinski definition) is 5. The number of alkyl halides is 1. The van der Waals surface area contributed by atoms with Gasteiger partial charge in [-0.2, -0.15) is 0 Å². The minimum absolute atomic E-state index is 0.301. The van der Waals surface area contributed by atoms with Crippen molar-refractivity contribution in [1.82, 2.24) is 9.97 Å². The van der Waals surface area contributed by atoms with Gasteiger partial charge in [0.15, 0.2) is 0 Å². The van der Waals surface area contributed by atoms with E-state index in [0.717, 1.165) is 22.4 Å². The molecule has 0 amide bonds. The van der Waals surface area contributed by atoms with E-state index in [0.29, 0.717) is 37.3 Å². The molecule has 0 aliphatic carbocycles. The number of carbonyl (C=O) groups is 1. The summed E-state index contributed by atoms with van der Waals surface area (Å²) in [4.78, 5) is 20.2. The molecule has 2 heterocycles. The molecule has 162 valence electrons. The first kappa shape index (κ1) is 22.4. The van der Waals surface area contributed by atoms with E-state index in [1.54, 1.807) is 30.6 Å². The lowest BCUT2D eigenvalue weighted by Crippen LogP contribution is -2.24. The molecule has 0 fully saturated rings. The predicted molar refractivity (Wildman–Crippen MR) is 118 cm³/mol. The third-order valence-electron chi connectivity index (χ3n) is 5.41. The zero-order valence-electron chi connectivity index (χ0n) is 18.1. The Balaban J connectivity index is 1.62. The largest absolute Gasteiger partial charge is 0.473 e. The molecule has 0 saturated heterocycles. The van der Waals surface area contributed by atoms with Gasteiger partial charge in [0.25, 0.3) is 0 Å². The second-order valence-electron chi connectivity index (χ2n) is 7.43. The van der Waals surface area contributed by atoms with E-state index in [-0.39, 0.29) is 5.97 Å². The molecule has 3 rings (SSSR count). The molecule has 0 bridgehead atoms. The Morgan fingerprint density at radius 1 is 1.00 bits per heavy atom. The van der Waals surface area contributed by atoms with E-state index < -0.39 is 5.67 Å². The Bertz CT molecular complexity index is 1000. The van der Waals surface area contributed by atoms with Gasteiger partial charge in [-0.25, -0.2) is 14.2 Å². The lowest BCUT2D eigenvalue weighted by Gasteiger charge is -2.21. The summed E-state index contributed by atoms with van der Waals surface area (Å²) in [5, 5.41) is 0. The summed E-state index contributed by atoms with van der Waals surface area (Å²) in [6.45, 7) is 4.05. The maximum absolute atomic E-state index is 14.7. The number of hydrogen-bond donors (Lipinski definition) is 0. The van der Waals surface area contributed by atoms with Crippen LogP contribution < -0.4 is 4.74 Å². The van der Waals surface area contributed by atoms with Crippen LogP contribution in [0.4, 0.5) is 4.39 Å². The minimum Gasteiger partial charge on any atom is -0.473 e. The monoisotopic (exact) mass is 422 g/mol. The van der Waals surface area contributed by atoms with Crippen LogP contribution in [-0.4, -0.2) is 28.7 Å². The lowest BCUT2D eigenvalue weighted by molar-refractivity contribution is 0.0600. The Kier molecular flexibility index (Phi) is 7.34. The number of nitrogens with zero attached hydrogens (tertiary/aromatic N) is 2. The third kappa shape index (κ3) is 5.87. The fourth-order valence-electron chi connectivity index (χ4n) is 3.25. The highest BCUT2D eigenvalue weighted by molar-refractivity contribution is 5.89. The Labute approximate surface area is 182 Å². The van der Waals surface area contributed by atoms with Crippen LogP contribution in [0, 0.1) is 0 Å². The van der Waals surface area contributed by atoms with Gasteiger partial charge in [-0.05, 0) is 54.3 Å². The van der Waals surface area contributed by atoms with Gasteiger partial charge in [0.2, 0.25) is 5.88 Å². The van der Waals surface area contributed by atoms with Gasteiger partial charge < -0.3 is 9.47 Å². The number of benzene rings is 1. The molecule has 3 aromatic rings. The van der Waals surface area contributed by atoms with Gasteiger partial charge in [-0.3, -0.25) is 4.98 Å². The first-order valence-electron chi connectivity index (χ1n) is 10.4. The zero-order valence-corrected chi connectivity index (χ0v) is 18.1. The molecule has 0 atom stereocenters. The van der Waals surface area contributed by atoms with E-state index in [9.17, 15) is 9.18 Å². The average molecular weight is 423 g/mol. The van der Waals surface area contributed by atoms with Crippen LogP contribution in [0.1, 0.15) is 48.3 Å². The second kappa shape index (κ2) is 10.2. The molecule has 0 unspecified atom stereocenters. The van der Waals surface area contributed by atoms with E-state index >= 15 is 0 Å². The molecule has 5 nitrogen and oxygen atoms in total. The first-order chi connectivity index (χ1) is 15.0. The van der Waals surface area contributed by atoms with Crippen LogP contribution in [-0.2, 0) is 17.8 Å². The fraction of sp³-hybridized carbons (Fsp3) is 0.320. The molecular formula is C25H27FN2O3. The average Bonchev–Trinajstić information content (AvgIpc) is 2.83. The number of halogens is 1. The maximum atomic E-state index is 14.7. The van der Waals surface area contributed by atoms with Crippen LogP contribution in [0.2, 0.25) is 0 Å². The normalized spacial score (nSPS) is 11.2. The van der Waals surface area contributed by atoms with E-state index in [4.69, 9.17) is 9.47 Å². The summed E-state index contributed by atoms with van der Waals surface area (Å²) < 4.78 is 25.2. The maximum Gasteiger partial charge on any atom is 0.337 e. The minimum atomic E-state index is -1.22. The van der Waals surface area contributed by atoms with Crippen LogP contribution in [0.15, 0.2) is 60.9 Å². The SMILES string of the molecule is CCC(F)(CC)Cc1cc(COc2ccc(-c3ccc(C(=O)OC)cc3)cn2)ccn1. The molecular weight excluding hydrogens is 395 g/mol. The molecule has 0 radical (unpaired) electrons. The summed E-state index contributed by atoms with van der Waals surface area (Å²) in [5.41, 5.74) is 2.77. The molecule has 1 aromatic carbocycles. The van der Waals surface area contributed by atoms with Gasteiger partial charge in [-0.1, -0.05) is 26.0 Å². The summed E-state index contributed by atoms with van der Waals surface area (Å²) in [6.07, 6.45) is 4.64. The topological polar surface area (TPSA) is 61.3 Å². The lowest BCUT2D eigenvalue weighted by atomic mass is 9.93. The number of methoxy groups -OCH3 is 1. The third-order valence-corrected chi connectivity index (χ3v) is 5.41. The Morgan fingerprint density at radius 3 is 2.32 bits per heavy atom. The van der Waals surface area contributed by atoms with E-state index in [1.165, 1.54) is 7.11 Å². The van der Waals surface area contributed by atoms with Crippen molar-refractivity contribution in [2.75, 3.05) is 7.11 Å². The predicted octanol–water partition coefficient (Wildman–Crippen LogP) is 5.58.